The van der Waals surface area contributed by atoms with Crippen LogP contribution in [0.3, 0.4) is 0 Å². The van der Waals surface area contributed by atoms with Crippen LogP contribution in [0, 0.1) is 3.57 Å². The van der Waals surface area contributed by atoms with Crippen LogP contribution in [0.4, 0.5) is 0 Å². The van der Waals surface area contributed by atoms with Crippen LogP contribution in [0.15, 0.2) is 16.2 Å². The number of fused-ring (bicyclic) bond motifs is 1. The SMILES string of the molecule is O=c1c(I)c(CO)cc2scc(Cl)n12. The summed E-state index contributed by atoms with van der Waals surface area (Å²) in [7, 11) is 0. The first-order valence-corrected chi connectivity index (χ1v) is 6.06. The molecule has 2 aromatic heterocycles. The largest absolute Gasteiger partial charge is 0.392 e. The van der Waals surface area contributed by atoms with Gasteiger partial charge in [-0.2, -0.15) is 0 Å². The van der Waals surface area contributed by atoms with E-state index in [0.717, 1.165) is 4.83 Å². The maximum atomic E-state index is 11.8. The third kappa shape index (κ3) is 1.48. The van der Waals surface area contributed by atoms with Crippen molar-refractivity contribution in [2.75, 3.05) is 0 Å². The normalized spacial score (nSPS) is 11.1. The number of hydrogen-bond acceptors (Lipinski definition) is 3. The van der Waals surface area contributed by atoms with E-state index in [0.29, 0.717) is 14.3 Å². The fourth-order valence-electron chi connectivity index (χ4n) is 1.18. The molecule has 14 heavy (non-hydrogen) atoms. The van der Waals surface area contributed by atoms with Crippen molar-refractivity contribution in [1.29, 1.82) is 0 Å². The molecule has 6 heteroatoms. The molecule has 0 radical (unpaired) electrons. The lowest BCUT2D eigenvalue weighted by Crippen LogP contribution is -2.17. The molecule has 1 N–H and O–H groups in total. The highest BCUT2D eigenvalue weighted by atomic mass is 127. The highest BCUT2D eigenvalue weighted by Crippen LogP contribution is 2.21. The van der Waals surface area contributed by atoms with Crippen molar-refractivity contribution in [3.05, 3.63) is 36.1 Å². The molecule has 0 amide bonds. The van der Waals surface area contributed by atoms with Gasteiger partial charge in [0.15, 0.2) is 0 Å². The number of pyridine rings is 1. The Balaban J connectivity index is 2.95. The summed E-state index contributed by atoms with van der Waals surface area (Å²) in [6.07, 6.45) is 0. The molecule has 0 aromatic carbocycles. The second-order valence-corrected chi connectivity index (χ2v) is 5.03. The van der Waals surface area contributed by atoms with Crippen LogP contribution in [-0.2, 0) is 6.61 Å². The molecule has 0 aliphatic heterocycles. The van der Waals surface area contributed by atoms with E-state index in [2.05, 4.69) is 0 Å². The highest BCUT2D eigenvalue weighted by Gasteiger charge is 2.10. The van der Waals surface area contributed by atoms with Crippen molar-refractivity contribution in [2.45, 2.75) is 6.61 Å². The van der Waals surface area contributed by atoms with Crippen LogP contribution in [-0.4, -0.2) is 9.51 Å². The Morgan fingerprint density at radius 3 is 3.00 bits per heavy atom. The summed E-state index contributed by atoms with van der Waals surface area (Å²) < 4.78 is 1.95. The minimum absolute atomic E-state index is 0.125. The fourth-order valence-corrected chi connectivity index (χ4v) is 2.92. The van der Waals surface area contributed by atoms with Gasteiger partial charge in [0.1, 0.15) is 9.98 Å². The van der Waals surface area contributed by atoms with Gasteiger partial charge in [0, 0.05) is 5.38 Å². The van der Waals surface area contributed by atoms with E-state index in [4.69, 9.17) is 16.7 Å². The molecular formula is C8H5ClINO2S. The average molecular weight is 342 g/mol. The molecule has 0 spiro atoms. The summed E-state index contributed by atoms with van der Waals surface area (Å²) in [6.45, 7) is -0.125. The van der Waals surface area contributed by atoms with Crippen molar-refractivity contribution < 1.29 is 5.11 Å². The predicted molar refractivity (Wildman–Crippen MR) is 65.2 cm³/mol. The Kier molecular flexibility index (Phi) is 2.83. The monoisotopic (exact) mass is 341 g/mol. The van der Waals surface area contributed by atoms with Crippen LogP contribution in [0.5, 0.6) is 0 Å². The summed E-state index contributed by atoms with van der Waals surface area (Å²) >= 11 is 9.16. The van der Waals surface area contributed by atoms with Crippen molar-refractivity contribution in [1.82, 2.24) is 4.40 Å². The predicted octanol–water partition coefficient (Wildman–Crippen LogP) is 2.11. The van der Waals surface area contributed by atoms with E-state index >= 15 is 0 Å². The molecule has 3 nitrogen and oxygen atoms in total. The first kappa shape index (κ1) is 10.4. The van der Waals surface area contributed by atoms with Gasteiger partial charge in [-0.25, -0.2) is 0 Å². The zero-order chi connectivity index (χ0) is 10.3. The second kappa shape index (κ2) is 3.80. The average Bonchev–Trinajstić information content (AvgIpc) is 2.54. The number of halogens is 2. The van der Waals surface area contributed by atoms with E-state index in [1.807, 2.05) is 22.6 Å². The van der Waals surface area contributed by atoms with E-state index in [1.165, 1.54) is 15.7 Å². The lowest BCUT2D eigenvalue weighted by atomic mass is 10.3. The summed E-state index contributed by atoms with van der Waals surface area (Å²) in [5, 5.41) is 11.1. The third-order valence-corrected chi connectivity index (χ3v) is 4.30. The zero-order valence-electron chi connectivity index (χ0n) is 6.83. The summed E-state index contributed by atoms with van der Waals surface area (Å²) in [6, 6.07) is 1.78. The second-order valence-electron chi connectivity index (χ2n) is 2.68. The standard InChI is InChI=1S/C8H5ClINO2S/c9-5-3-14-6-1-4(2-12)7(10)8(13)11(5)6/h1,3,12H,2H2. The highest BCUT2D eigenvalue weighted by molar-refractivity contribution is 14.1. The van der Waals surface area contributed by atoms with Crippen molar-refractivity contribution >= 4 is 50.4 Å². The van der Waals surface area contributed by atoms with Crippen LogP contribution >= 0.6 is 45.5 Å². The van der Waals surface area contributed by atoms with Gasteiger partial charge in [-0.3, -0.25) is 9.20 Å². The third-order valence-electron chi connectivity index (χ3n) is 1.85. The number of hydrogen-bond donors (Lipinski definition) is 1. The van der Waals surface area contributed by atoms with Gasteiger partial charge in [0.25, 0.3) is 5.56 Å². The van der Waals surface area contributed by atoms with Gasteiger partial charge in [-0.05, 0) is 34.2 Å². The maximum Gasteiger partial charge on any atom is 0.270 e. The molecule has 0 aliphatic rings. The molecule has 0 bridgehead atoms. The first-order valence-electron chi connectivity index (χ1n) is 3.73. The zero-order valence-corrected chi connectivity index (χ0v) is 10.6. The molecule has 0 aliphatic carbocycles. The Labute approximate surface area is 102 Å². The minimum atomic E-state index is -0.168. The van der Waals surface area contributed by atoms with Gasteiger partial charge in [0.2, 0.25) is 0 Å². The van der Waals surface area contributed by atoms with E-state index < -0.39 is 0 Å². The van der Waals surface area contributed by atoms with E-state index in [-0.39, 0.29) is 12.2 Å². The molecule has 2 rings (SSSR count). The van der Waals surface area contributed by atoms with Crippen LogP contribution in [0.1, 0.15) is 5.56 Å². The summed E-state index contributed by atoms with van der Waals surface area (Å²) in [4.78, 5) is 12.5. The Morgan fingerprint density at radius 2 is 2.36 bits per heavy atom. The molecule has 74 valence electrons. The first-order chi connectivity index (χ1) is 6.65. The molecule has 0 unspecified atom stereocenters. The van der Waals surface area contributed by atoms with Gasteiger partial charge < -0.3 is 5.11 Å². The van der Waals surface area contributed by atoms with Crippen LogP contribution < -0.4 is 5.56 Å². The molecular weight excluding hydrogens is 337 g/mol. The van der Waals surface area contributed by atoms with E-state index in [9.17, 15) is 4.79 Å². The van der Waals surface area contributed by atoms with Crippen LogP contribution in [0.25, 0.3) is 4.83 Å². The number of thiazole rings is 1. The Morgan fingerprint density at radius 1 is 1.64 bits per heavy atom. The summed E-state index contributed by atoms with van der Waals surface area (Å²) in [5.41, 5.74) is 0.479. The fraction of sp³-hybridized carbons (Fsp3) is 0.125. The van der Waals surface area contributed by atoms with Gasteiger partial charge in [-0.15, -0.1) is 11.3 Å². The molecule has 2 aromatic rings. The molecule has 0 saturated carbocycles. The topological polar surface area (TPSA) is 41.7 Å². The molecule has 0 atom stereocenters. The number of aromatic nitrogens is 1. The van der Waals surface area contributed by atoms with Gasteiger partial charge >= 0.3 is 0 Å². The smallest absolute Gasteiger partial charge is 0.270 e. The number of aliphatic hydroxyl groups is 1. The van der Waals surface area contributed by atoms with Crippen molar-refractivity contribution in [3.63, 3.8) is 0 Å². The van der Waals surface area contributed by atoms with Crippen molar-refractivity contribution in [2.24, 2.45) is 0 Å². The molecule has 0 saturated heterocycles. The quantitative estimate of drug-likeness (QED) is 0.807. The van der Waals surface area contributed by atoms with E-state index in [1.54, 1.807) is 11.4 Å². The minimum Gasteiger partial charge on any atom is -0.392 e. The van der Waals surface area contributed by atoms with Crippen molar-refractivity contribution in [3.8, 4) is 0 Å². The van der Waals surface area contributed by atoms with Gasteiger partial charge in [-0.1, -0.05) is 11.6 Å². The van der Waals surface area contributed by atoms with Gasteiger partial charge in [0.05, 0.1) is 10.2 Å². The Hall–Kier alpha value is -0.110. The maximum absolute atomic E-state index is 11.8. The number of aliphatic hydroxyl groups excluding tert-OH is 1. The lowest BCUT2D eigenvalue weighted by molar-refractivity contribution is 0.281. The molecule has 0 fully saturated rings. The summed E-state index contributed by atoms with van der Waals surface area (Å²) in [5.74, 6) is 0. The number of rotatable bonds is 1. The number of nitrogens with zero attached hydrogens (tertiary/aromatic N) is 1. The molecule has 2 heterocycles. The lowest BCUT2D eigenvalue weighted by Gasteiger charge is -2.01. The Bertz CT molecular complexity index is 548. The van der Waals surface area contributed by atoms with Crippen LogP contribution in [0.2, 0.25) is 5.15 Å².